The number of nitrogens with zero attached hydrogens (tertiary/aromatic N) is 2. The van der Waals surface area contributed by atoms with Crippen LogP contribution in [0.1, 0.15) is 23.3 Å². The maximum absolute atomic E-state index is 13.3. The third-order valence-corrected chi connectivity index (χ3v) is 6.18. The molecule has 0 aliphatic carbocycles. The first-order valence-corrected chi connectivity index (χ1v) is 10.7. The van der Waals surface area contributed by atoms with E-state index in [0.717, 1.165) is 29.4 Å². The van der Waals surface area contributed by atoms with Crippen LogP contribution in [0.15, 0.2) is 60.7 Å². The zero-order valence-electron chi connectivity index (χ0n) is 17.1. The predicted molar refractivity (Wildman–Crippen MR) is 118 cm³/mol. The zero-order chi connectivity index (χ0) is 21.4. The molecule has 0 unspecified atom stereocenters. The Kier molecular flexibility index (Phi) is 4.94. The van der Waals surface area contributed by atoms with Crippen LogP contribution in [0.3, 0.4) is 0 Å². The molecule has 0 bridgehead atoms. The van der Waals surface area contributed by atoms with Gasteiger partial charge in [-0.05, 0) is 37.1 Å². The molecule has 3 amide bonds. The number of hydrogen-bond acceptors (Lipinski definition) is 3. The third-order valence-electron chi connectivity index (χ3n) is 6.18. The molecule has 2 N–H and O–H groups in total. The lowest BCUT2D eigenvalue weighted by Gasteiger charge is -2.23. The number of carbonyl (C=O) groups is 3. The highest BCUT2D eigenvalue weighted by Gasteiger charge is 2.47. The lowest BCUT2D eigenvalue weighted by molar-refractivity contribution is -0.135. The van der Waals surface area contributed by atoms with E-state index >= 15 is 0 Å². The molecule has 2 aliphatic heterocycles. The van der Waals surface area contributed by atoms with Gasteiger partial charge in [-0.3, -0.25) is 14.4 Å². The highest BCUT2D eigenvalue weighted by atomic mass is 16.2. The Morgan fingerprint density at radius 2 is 1.68 bits per heavy atom. The Labute approximate surface area is 180 Å². The van der Waals surface area contributed by atoms with Gasteiger partial charge in [0.2, 0.25) is 11.8 Å². The Morgan fingerprint density at radius 3 is 2.42 bits per heavy atom. The normalized spacial score (nSPS) is 21.1. The number of H-pyrrole nitrogens is 1. The molecular weight excluding hydrogens is 392 g/mol. The summed E-state index contributed by atoms with van der Waals surface area (Å²) in [5.74, 6) is -1.32. The van der Waals surface area contributed by atoms with E-state index in [2.05, 4.69) is 10.3 Å². The van der Waals surface area contributed by atoms with Crippen LogP contribution in [0, 0.1) is 5.92 Å². The van der Waals surface area contributed by atoms with Crippen LogP contribution < -0.4 is 10.2 Å². The van der Waals surface area contributed by atoms with E-state index in [9.17, 15) is 14.4 Å². The first-order chi connectivity index (χ1) is 15.1. The summed E-state index contributed by atoms with van der Waals surface area (Å²) >= 11 is 0. The number of amides is 3. The van der Waals surface area contributed by atoms with Crippen molar-refractivity contribution < 1.29 is 14.4 Å². The van der Waals surface area contributed by atoms with E-state index in [0.29, 0.717) is 18.8 Å². The van der Waals surface area contributed by atoms with Gasteiger partial charge in [-0.15, -0.1) is 0 Å². The van der Waals surface area contributed by atoms with Gasteiger partial charge >= 0.3 is 0 Å². The molecule has 31 heavy (non-hydrogen) atoms. The highest BCUT2D eigenvalue weighted by molar-refractivity contribution is 6.08. The number of aromatic nitrogens is 1. The Balaban J connectivity index is 1.43. The van der Waals surface area contributed by atoms with Crippen molar-refractivity contribution in [3.8, 4) is 0 Å². The molecule has 2 saturated heterocycles. The minimum Gasteiger partial charge on any atom is -0.351 e. The largest absolute Gasteiger partial charge is 0.351 e. The fourth-order valence-corrected chi connectivity index (χ4v) is 4.54. The van der Waals surface area contributed by atoms with Gasteiger partial charge in [-0.2, -0.15) is 0 Å². The molecule has 2 fully saturated rings. The zero-order valence-corrected chi connectivity index (χ0v) is 17.1. The Hall–Kier alpha value is -3.61. The topological polar surface area (TPSA) is 85.5 Å². The second-order valence-corrected chi connectivity index (χ2v) is 8.14. The average Bonchev–Trinajstić information content (AvgIpc) is 3.54. The van der Waals surface area contributed by atoms with Crippen molar-refractivity contribution in [2.24, 2.45) is 5.92 Å². The summed E-state index contributed by atoms with van der Waals surface area (Å²) in [7, 11) is 0. The van der Waals surface area contributed by atoms with Crippen molar-refractivity contribution in [1.82, 2.24) is 15.2 Å². The SMILES string of the molecule is O=C(N[C@H]1C(=O)N(c2ccccc2)C[C@@H]1C(=O)N1CCCC1)c1cc2ccccc2[nH]1. The average molecular weight is 416 g/mol. The standard InChI is InChI=1S/C24H24N4O3/c29-22(20-14-16-8-4-5-11-19(16)25-20)26-21-18(23(30)27-12-6-7-13-27)15-28(24(21)31)17-9-2-1-3-10-17/h1-5,8-11,14,18,21,25H,6-7,12-13,15H2,(H,26,29)/t18-,21+/m0/s1. The first kappa shape index (κ1) is 19.4. The van der Waals surface area contributed by atoms with Crippen molar-refractivity contribution >= 4 is 34.3 Å². The Morgan fingerprint density at radius 1 is 0.968 bits per heavy atom. The van der Waals surface area contributed by atoms with Crippen molar-refractivity contribution in [2.45, 2.75) is 18.9 Å². The van der Waals surface area contributed by atoms with Crippen molar-refractivity contribution in [1.29, 1.82) is 0 Å². The summed E-state index contributed by atoms with van der Waals surface area (Å²) in [6.45, 7) is 1.67. The molecule has 7 heteroatoms. The van der Waals surface area contributed by atoms with Gasteiger partial charge in [0, 0.05) is 36.2 Å². The first-order valence-electron chi connectivity index (χ1n) is 10.7. The van der Waals surface area contributed by atoms with Crippen LogP contribution in [0.5, 0.6) is 0 Å². The van der Waals surface area contributed by atoms with Gasteiger partial charge in [0.1, 0.15) is 11.7 Å². The molecule has 2 atom stereocenters. The summed E-state index contributed by atoms with van der Waals surface area (Å²) < 4.78 is 0. The molecule has 0 saturated carbocycles. The molecule has 5 rings (SSSR count). The fraction of sp³-hybridized carbons (Fsp3) is 0.292. The highest BCUT2D eigenvalue weighted by Crippen LogP contribution is 2.28. The van der Waals surface area contributed by atoms with E-state index in [1.807, 2.05) is 59.5 Å². The van der Waals surface area contributed by atoms with Gasteiger partial charge in [-0.25, -0.2) is 0 Å². The van der Waals surface area contributed by atoms with E-state index in [4.69, 9.17) is 0 Å². The van der Waals surface area contributed by atoms with Gasteiger partial charge in [0.05, 0.1) is 5.92 Å². The van der Waals surface area contributed by atoms with Crippen LogP contribution in [0.25, 0.3) is 10.9 Å². The van der Waals surface area contributed by atoms with Gasteiger partial charge in [0.15, 0.2) is 0 Å². The maximum atomic E-state index is 13.3. The van der Waals surface area contributed by atoms with Crippen LogP contribution in [-0.4, -0.2) is 53.3 Å². The van der Waals surface area contributed by atoms with Crippen LogP contribution in [-0.2, 0) is 9.59 Å². The molecular formula is C24H24N4O3. The molecule has 0 radical (unpaired) electrons. The van der Waals surface area contributed by atoms with Crippen molar-refractivity contribution in [3.63, 3.8) is 0 Å². The summed E-state index contributed by atoms with van der Waals surface area (Å²) in [6, 6.07) is 17.8. The molecule has 2 aliphatic rings. The number of aromatic amines is 1. The van der Waals surface area contributed by atoms with E-state index in [1.165, 1.54) is 0 Å². The maximum Gasteiger partial charge on any atom is 0.268 e. The molecule has 3 aromatic rings. The molecule has 7 nitrogen and oxygen atoms in total. The van der Waals surface area contributed by atoms with Gasteiger partial charge in [-0.1, -0.05) is 36.4 Å². The number of fused-ring (bicyclic) bond motifs is 1. The summed E-state index contributed by atoms with van der Waals surface area (Å²) in [5, 5.41) is 3.77. The van der Waals surface area contributed by atoms with Crippen molar-refractivity contribution in [3.05, 3.63) is 66.4 Å². The number of likely N-dealkylation sites (tertiary alicyclic amines) is 1. The van der Waals surface area contributed by atoms with E-state index in [-0.39, 0.29) is 24.3 Å². The van der Waals surface area contributed by atoms with E-state index in [1.54, 1.807) is 11.0 Å². The van der Waals surface area contributed by atoms with Gasteiger partial charge < -0.3 is 20.1 Å². The van der Waals surface area contributed by atoms with Crippen molar-refractivity contribution in [2.75, 3.05) is 24.5 Å². The third kappa shape index (κ3) is 3.56. The molecule has 3 heterocycles. The number of anilines is 1. The van der Waals surface area contributed by atoms with Crippen LogP contribution >= 0.6 is 0 Å². The second-order valence-electron chi connectivity index (χ2n) is 8.14. The number of nitrogens with one attached hydrogen (secondary N) is 2. The molecule has 1 aromatic heterocycles. The number of carbonyl (C=O) groups excluding carboxylic acids is 3. The lowest BCUT2D eigenvalue weighted by atomic mass is 10.0. The molecule has 158 valence electrons. The van der Waals surface area contributed by atoms with E-state index < -0.39 is 12.0 Å². The van der Waals surface area contributed by atoms with Gasteiger partial charge in [0.25, 0.3) is 5.91 Å². The summed E-state index contributed by atoms with van der Waals surface area (Å²) in [5.41, 5.74) is 1.95. The fourth-order valence-electron chi connectivity index (χ4n) is 4.54. The van der Waals surface area contributed by atoms with Crippen LogP contribution in [0.2, 0.25) is 0 Å². The smallest absolute Gasteiger partial charge is 0.268 e. The lowest BCUT2D eigenvalue weighted by Crippen LogP contribution is -2.49. The predicted octanol–water partition coefficient (Wildman–Crippen LogP) is 2.55. The summed E-state index contributed by atoms with van der Waals surface area (Å²) in [6.07, 6.45) is 1.95. The number of benzene rings is 2. The second kappa shape index (κ2) is 7.91. The number of hydrogen-bond donors (Lipinski definition) is 2. The summed E-state index contributed by atoms with van der Waals surface area (Å²) in [4.78, 5) is 46.1. The minimum atomic E-state index is -0.896. The molecule has 0 spiro atoms. The van der Waals surface area contributed by atoms with Crippen LogP contribution in [0.4, 0.5) is 5.69 Å². The monoisotopic (exact) mass is 416 g/mol. The number of para-hydroxylation sites is 2. The quantitative estimate of drug-likeness (QED) is 0.685. The minimum absolute atomic E-state index is 0.0637. The Bertz CT molecular complexity index is 1100. The number of rotatable bonds is 4. The molecule has 2 aromatic carbocycles.